The molecule has 1 unspecified atom stereocenters. The van der Waals surface area contributed by atoms with Crippen molar-refractivity contribution in [1.82, 2.24) is 34.3 Å². The number of hydrogen-bond acceptors (Lipinski definition) is 7. The zero-order chi connectivity index (χ0) is 25.5. The normalized spacial score (nSPS) is 18.4. The number of aryl methyl sites for hydroxylation is 2. The molecule has 0 bridgehead atoms. The van der Waals surface area contributed by atoms with Gasteiger partial charge in [-0.1, -0.05) is 13.0 Å². The Morgan fingerprint density at radius 1 is 1.03 bits per heavy atom. The third-order valence-corrected chi connectivity index (χ3v) is 7.69. The monoisotopic (exact) mass is 500 g/mol. The Kier molecular flexibility index (Phi) is 6.34. The second-order valence-corrected chi connectivity index (χ2v) is 10.2. The van der Waals surface area contributed by atoms with Gasteiger partial charge in [0.2, 0.25) is 5.95 Å². The quantitative estimate of drug-likeness (QED) is 0.410. The number of imidazole rings is 1. The smallest absolute Gasteiger partial charge is 0.229 e. The lowest BCUT2D eigenvalue weighted by atomic mass is 10.1. The average molecular weight is 501 g/mol. The first kappa shape index (κ1) is 23.9. The maximum absolute atomic E-state index is 14.9. The van der Waals surface area contributed by atoms with Gasteiger partial charge in [-0.15, -0.1) is 0 Å². The van der Waals surface area contributed by atoms with Crippen LogP contribution in [0.15, 0.2) is 36.7 Å². The highest BCUT2D eigenvalue weighted by atomic mass is 19.1. The number of fused-ring (bicyclic) bond motifs is 3. The highest BCUT2D eigenvalue weighted by molar-refractivity contribution is 5.85. The number of likely N-dealkylation sites (N-methyl/N-ethyl adjacent to an activating group) is 1. The van der Waals surface area contributed by atoms with Crippen LogP contribution in [0.5, 0.6) is 0 Å². The van der Waals surface area contributed by atoms with Crippen LogP contribution in [0.2, 0.25) is 0 Å². The topological polar surface area (TPSA) is 75.0 Å². The van der Waals surface area contributed by atoms with E-state index in [1.54, 1.807) is 0 Å². The molecule has 2 aliphatic rings. The van der Waals surface area contributed by atoms with E-state index >= 15 is 0 Å². The third kappa shape index (κ3) is 4.69. The van der Waals surface area contributed by atoms with Gasteiger partial charge >= 0.3 is 0 Å². The van der Waals surface area contributed by atoms with Crippen molar-refractivity contribution in [3.05, 3.63) is 59.4 Å². The fourth-order valence-corrected chi connectivity index (χ4v) is 5.54. The van der Waals surface area contributed by atoms with Crippen molar-refractivity contribution < 1.29 is 4.39 Å². The fraction of sp³-hybridized carbons (Fsp3) is 0.429. The summed E-state index contributed by atoms with van der Waals surface area (Å²) in [5.74, 6) is 1.60. The van der Waals surface area contributed by atoms with Crippen LogP contribution < -0.4 is 5.32 Å². The summed E-state index contributed by atoms with van der Waals surface area (Å²) in [5.41, 5.74) is 5.20. The van der Waals surface area contributed by atoms with Crippen LogP contribution in [0.25, 0.3) is 22.3 Å². The first-order chi connectivity index (χ1) is 18.0. The fourth-order valence-electron chi connectivity index (χ4n) is 5.54. The predicted octanol–water partition coefficient (Wildman–Crippen LogP) is 4.72. The molecular formula is C28H33FN8. The van der Waals surface area contributed by atoms with Gasteiger partial charge in [-0.25, -0.2) is 24.3 Å². The summed E-state index contributed by atoms with van der Waals surface area (Å²) < 4.78 is 17.2. The molecule has 3 aromatic heterocycles. The summed E-state index contributed by atoms with van der Waals surface area (Å²) >= 11 is 0. The molecule has 5 heterocycles. The van der Waals surface area contributed by atoms with Crippen LogP contribution in [-0.4, -0.2) is 67.0 Å². The summed E-state index contributed by atoms with van der Waals surface area (Å²) in [6.07, 6.45) is 5.16. The number of hydrogen-bond donors (Lipinski definition) is 1. The van der Waals surface area contributed by atoms with E-state index in [9.17, 15) is 4.39 Å². The molecule has 0 saturated carbocycles. The molecule has 1 fully saturated rings. The molecule has 6 rings (SSSR count). The first-order valence-electron chi connectivity index (χ1n) is 13.2. The van der Waals surface area contributed by atoms with Crippen LogP contribution in [0.3, 0.4) is 0 Å². The molecule has 1 saturated heterocycles. The SMILES string of the molecule is CCN1CCN(Cc2ccc(Nc3ncc(F)c(-c4cc(C)c5nc6n(c5c4)C(C)CC6)n3)nc2)CC1. The summed E-state index contributed by atoms with van der Waals surface area (Å²) in [5, 5.41) is 3.14. The van der Waals surface area contributed by atoms with Gasteiger partial charge in [0.25, 0.3) is 0 Å². The van der Waals surface area contributed by atoms with Crippen molar-refractivity contribution in [1.29, 1.82) is 0 Å². The van der Waals surface area contributed by atoms with Crippen molar-refractivity contribution in [3.8, 4) is 11.3 Å². The number of piperazine rings is 1. The van der Waals surface area contributed by atoms with Gasteiger partial charge in [-0.2, -0.15) is 0 Å². The number of pyridine rings is 1. The first-order valence-corrected chi connectivity index (χ1v) is 13.2. The van der Waals surface area contributed by atoms with Crippen molar-refractivity contribution in [2.75, 3.05) is 38.0 Å². The minimum absolute atomic E-state index is 0.270. The lowest BCUT2D eigenvalue weighted by molar-refractivity contribution is 0.132. The van der Waals surface area contributed by atoms with Crippen LogP contribution in [0, 0.1) is 12.7 Å². The number of anilines is 2. The molecule has 1 N–H and O–H groups in total. The molecule has 0 radical (unpaired) electrons. The van der Waals surface area contributed by atoms with E-state index in [4.69, 9.17) is 4.98 Å². The van der Waals surface area contributed by atoms with Gasteiger partial charge in [0.15, 0.2) is 5.82 Å². The second-order valence-electron chi connectivity index (χ2n) is 10.2. The van der Waals surface area contributed by atoms with Gasteiger partial charge in [-0.05, 0) is 56.1 Å². The highest BCUT2D eigenvalue weighted by Crippen LogP contribution is 2.35. The van der Waals surface area contributed by atoms with E-state index in [-0.39, 0.29) is 5.69 Å². The highest BCUT2D eigenvalue weighted by Gasteiger charge is 2.24. The van der Waals surface area contributed by atoms with E-state index in [0.29, 0.717) is 17.8 Å². The summed E-state index contributed by atoms with van der Waals surface area (Å²) in [7, 11) is 0. The largest absolute Gasteiger partial charge is 0.325 e. The molecule has 192 valence electrons. The van der Waals surface area contributed by atoms with Crippen LogP contribution in [0.1, 0.15) is 43.3 Å². The van der Waals surface area contributed by atoms with Crippen molar-refractivity contribution in [2.45, 2.75) is 46.2 Å². The number of nitrogens with one attached hydrogen (secondary N) is 1. The number of halogens is 1. The predicted molar refractivity (Wildman–Crippen MR) is 143 cm³/mol. The third-order valence-electron chi connectivity index (χ3n) is 7.69. The Bertz CT molecular complexity index is 1420. The van der Waals surface area contributed by atoms with Crippen molar-refractivity contribution in [3.63, 3.8) is 0 Å². The zero-order valence-electron chi connectivity index (χ0n) is 21.7. The minimum atomic E-state index is -0.454. The molecule has 8 nitrogen and oxygen atoms in total. The Hall–Kier alpha value is -3.43. The second kappa shape index (κ2) is 9.79. The van der Waals surface area contributed by atoms with Crippen LogP contribution >= 0.6 is 0 Å². The molecule has 0 spiro atoms. The van der Waals surface area contributed by atoms with Gasteiger partial charge in [-0.3, -0.25) is 4.90 Å². The number of rotatable bonds is 6. The standard InChI is InChI=1S/C28H33FN8/c1-4-35-9-11-36(12-10-35)17-20-6-7-24(30-15-20)32-28-31-16-22(29)27(34-28)21-13-18(2)26-23(14-21)37-19(3)5-8-25(37)33-26/h6-7,13-16,19H,4-5,8-12,17H2,1-3H3,(H,30,31,32,34). The zero-order valence-corrected chi connectivity index (χ0v) is 21.7. The molecular weight excluding hydrogens is 467 g/mol. The van der Waals surface area contributed by atoms with Gasteiger partial charge in [0.1, 0.15) is 17.3 Å². The Morgan fingerprint density at radius 3 is 2.59 bits per heavy atom. The molecule has 1 atom stereocenters. The van der Waals surface area contributed by atoms with E-state index in [1.807, 2.05) is 31.3 Å². The van der Waals surface area contributed by atoms with Crippen molar-refractivity contribution in [2.24, 2.45) is 0 Å². The summed E-state index contributed by atoms with van der Waals surface area (Å²) in [6.45, 7) is 12.8. The summed E-state index contributed by atoms with van der Waals surface area (Å²) in [4.78, 5) is 23.0. The van der Waals surface area contributed by atoms with Crippen LogP contribution in [-0.2, 0) is 13.0 Å². The summed E-state index contributed by atoms with van der Waals surface area (Å²) in [6, 6.07) is 8.35. The minimum Gasteiger partial charge on any atom is -0.325 e. The van der Waals surface area contributed by atoms with E-state index in [1.165, 1.54) is 11.8 Å². The number of benzene rings is 1. The molecule has 2 aliphatic heterocycles. The van der Waals surface area contributed by atoms with E-state index < -0.39 is 5.82 Å². The van der Waals surface area contributed by atoms with Gasteiger partial charge in [0, 0.05) is 56.9 Å². The molecule has 4 aromatic rings. The molecule has 0 amide bonds. The molecule has 1 aromatic carbocycles. The van der Waals surface area contributed by atoms with E-state index in [2.05, 4.69) is 54.5 Å². The van der Waals surface area contributed by atoms with Crippen molar-refractivity contribution >= 4 is 22.8 Å². The maximum atomic E-state index is 14.9. The average Bonchev–Trinajstić information content (AvgIpc) is 3.47. The molecule has 0 aliphatic carbocycles. The Morgan fingerprint density at radius 2 is 1.84 bits per heavy atom. The van der Waals surface area contributed by atoms with Crippen LogP contribution in [0.4, 0.5) is 16.2 Å². The Balaban J connectivity index is 1.21. The number of aromatic nitrogens is 5. The lowest BCUT2D eigenvalue weighted by Gasteiger charge is -2.33. The number of nitrogens with zero attached hydrogens (tertiary/aromatic N) is 7. The Labute approximate surface area is 216 Å². The maximum Gasteiger partial charge on any atom is 0.229 e. The van der Waals surface area contributed by atoms with Gasteiger partial charge in [0.05, 0.1) is 17.2 Å². The molecule has 37 heavy (non-hydrogen) atoms. The lowest BCUT2D eigenvalue weighted by Crippen LogP contribution is -2.45. The van der Waals surface area contributed by atoms with E-state index in [0.717, 1.165) is 80.1 Å². The van der Waals surface area contributed by atoms with Gasteiger partial charge < -0.3 is 14.8 Å². The molecule has 9 heteroatoms.